The first-order chi connectivity index (χ1) is 11.6. The van der Waals surface area contributed by atoms with Gasteiger partial charge in [-0.3, -0.25) is 0 Å². The largest absolute Gasteiger partial charge is 0.235 e. The summed E-state index contributed by atoms with van der Waals surface area (Å²) in [6, 6.07) is 2.85. The van der Waals surface area contributed by atoms with Gasteiger partial charge < -0.3 is 0 Å². The van der Waals surface area contributed by atoms with Gasteiger partial charge in [-0.15, -0.1) is 0 Å². The highest BCUT2D eigenvalue weighted by Gasteiger charge is 2.46. The Labute approximate surface area is 158 Å². The molecular formula is C23H46N2. The van der Waals surface area contributed by atoms with Crippen molar-refractivity contribution in [3.05, 3.63) is 0 Å². The third-order valence-corrected chi connectivity index (χ3v) is 6.99. The van der Waals surface area contributed by atoms with Crippen LogP contribution in [0.15, 0.2) is 0 Å². The first-order valence-corrected chi connectivity index (χ1v) is 11.2. The van der Waals surface area contributed by atoms with E-state index in [0.717, 1.165) is 41.7 Å². The fraction of sp³-hybridized carbons (Fsp3) is 1.00. The van der Waals surface area contributed by atoms with Gasteiger partial charge in [-0.2, -0.15) is 0 Å². The minimum absolute atomic E-state index is 0.705. The van der Waals surface area contributed by atoms with Gasteiger partial charge in [-0.1, -0.05) is 68.7 Å². The van der Waals surface area contributed by atoms with E-state index in [-0.39, 0.29) is 0 Å². The highest BCUT2D eigenvalue weighted by atomic mass is 15.7. The number of hydrogen-bond acceptors (Lipinski definition) is 2. The van der Waals surface area contributed by atoms with Crippen molar-refractivity contribution in [2.75, 3.05) is 0 Å². The van der Waals surface area contributed by atoms with E-state index in [1.165, 1.54) is 32.1 Å². The van der Waals surface area contributed by atoms with E-state index in [4.69, 9.17) is 0 Å². The molecule has 4 atom stereocenters. The Morgan fingerprint density at radius 1 is 0.560 bits per heavy atom. The van der Waals surface area contributed by atoms with Crippen LogP contribution in [0.1, 0.15) is 94.4 Å². The van der Waals surface area contributed by atoms with Crippen LogP contribution in [0, 0.1) is 29.6 Å². The number of nitrogens with zero attached hydrogens (tertiary/aromatic N) is 2. The maximum Gasteiger partial charge on any atom is 0.0274 e. The van der Waals surface area contributed by atoms with Gasteiger partial charge in [-0.25, -0.2) is 10.0 Å². The number of hydrazine groups is 1. The van der Waals surface area contributed by atoms with E-state index in [0.29, 0.717) is 12.1 Å². The van der Waals surface area contributed by atoms with Crippen molar-refractivity contribution >= 4 is 0 Å². The van der Waals surface area contributed by atoms with Gasteiger partial charge in [-0.05, 0) is 55.3 Å². The molecule has 148 valence electrons. The van der Waals surface area contributed by atoms with Crippen LogP contribution < -0.4 is 0 Å². The van der Waals surface area contributed by atoms with Crippen molar-refractivity contribution in [3.63, 3.8) is 0 Å². The normalized spacial score (nSPS) is 36.1. The molecule has 25 heavy (non-hydrogen) atoms. The standard InChI is InChI=1S/C23H46N2/c1-15(2)20-11-10-12-21(16(3)4)24(20)25-22(17(5)6)13-19(9)14-23(25)18(7)8/h15-23H,10-14H2,1-9H3. The SMILES string of the molecule is CC1CC(C(C)C)N(N2C(C(C)C)CCCC2C(C)C)C(C(C)C)C1. The highest BCUT2D eigenvalue weighted by molar-refractivity contribution is 4.95. The Balaban J connectivity index is 2.46. The van der Waals surface area contributed by atoms with Crippen molar-refractivity contribution < 1.29 is 0 Å². The molecular weight excluding hydrogens is 304 g/mol. The molecule has 4 unspecified atom stereocenters. The molecule has 0 spiro atoms. The third kappa shape index (κ3) is 4.61. The second-order valence-corrected chi connectivity index (χ2v) is 10.5. The molecule has 0 bridgehead atoms. The Kier molecular flexibility index (Phi) is 7.42. The van der Waals surface area contributed by atoms with Crippen LogP contribution >= 0.6 is 0 Å². The van der Waals surface area contributed by atoms with Crippen LogP contribution in [0.2, 0.25) is 0 Å². The van der Waals surface area contributed by atoms with Crippen molar-refractivity contribution in [3.8, 4) is 0 Å². The quantitative estimate of drug-likeness (QED) is 0.581. The lowest BCUT2D eigenvalue weighted by Crippen LogP contribution is -2.68. The zero-order valence-corrected chi connectivity index (χ0v) is 18.6. The minimum atomic E-state index is 0.705. The molecule has 2 nitrogen and oxygen atoms in total. The van der Waals surface area contributed by atoms with Gasteiger partial charge in [0.1, 0.15) is 0 Å². The smallest absolute Gasteiger partial charge is 0.0274 e. The van der Waals surface area contributed by atoms with Gasteiger partial charge in [0.25, 0.3) is 0 Å². The molecule has 0 aliphatic carbocycles. The van der Waals surface area contributed by atoms with Crippen LogP contribution in [-0.4, -0.2) is 34.2 Å². The average Bonchev–Trinajstić information content (AvgIpc) is 2.52. The number of piperidine rings is 2. The van der Waals surface area contributed by atoms with Crippen molar-refractivity contribution in [2.24, 2.45) is 29.6 Å². The van der Waals surface area contributed by atoms with Gasteiger partial charge in [0.2, 0.25) is 0 Å². The van der Waals surface area contributed by atoms with E-state index < -0.39 is 0 Å². The predicted octanol–water partition coefficient (Wildman–Crippen LogP) is 6.22. The number of hydrogen-bond donors (Lipinski definition) is 0. The van der Waals surface area contributed by atoms with Gasteiger partial charge in [0, 0.05) is 24.2 Å². The van der Waals surface area contributed by atoms with Crippen LogP contribution in [0.4, 0.5) is 0 Å². The molecule has 2 rings (SSSR count). The lowest BCUT2D eigenvalue weighted by molar-refractivity contribution is -0.213. The van der Waals surface area contributed by atoms with Gasteiger partial charge >= 0.3 is 0 Å². The summed E-state index contributed by atoms with van der Waals surface area (Å²) in [5.41, 5.74) is 0. The summed E-state index contributed by atoms with van der Waals surface area (Å²) < 4.78 is 0. The third-order valence-electron chi connectivity index (χ3n) is 6.99. The van der Waals surface area contributed by atoms with E-state index in [9.17, 15) is 0 Å². The predicted molar refractivity (Wildman–Crippen MR) is 110 cm³/mol. The van der Waals surface area contributed by atoms with Crippen molar-refractivity contribution in [1.29, 1.82) is 0 Å². The van der Waals surface area contributed by atoms with Crippen molar-refractivity contribution in [2.45, 2.75) is 119 Å². The zero-order chi connectivity index (χ0) is 18.9. The Morgan fingerprint density at radius 2 is 0.880 bits per heavy atom. The molecule has 2 saturated heterocycles. The first-order valence-electron chi connectivity index (χ1n) is 11.2. The summed E-state index contributed by atoms with van der Waals surface area (Å²) in [4.78, 5) is 0. The van der Waals surface area contributed by atoms with E-state index in [1.807, 2.05) is 0 Å². The molecule has 0 radical (unpaired) electrons. The summed E-state index contributed by atoms with van der Waals surface area (Å²) in [7, 11) is 0. The summed E-state index contributed by atoms with van der Waals surface area (Å²) in [6.45, 7) is 22.1. The minimum Gasteiger partial charge on any atom is -0.235 e. The van der Waals surface area contributed by atoms with Crippen LogP contribution in [0.5, 0.6) is 0 Å². The summed E-state index contributed by atoms with van der Waals surface area (Å²) in [6.07, 6.45) is 6.90. The fourth-order valence-corrected chi connectivity index (χ4v) is 5.55. The summed E-state index contributed by atoms with van der Waals surface area (Å²) >= 11 is 0. The summed E-state index contributed by atoms with van der Waals surface area (Å²) in [5, 5.41) is 5.89. The Bertz CT molecular complexity index is 367. The second kappa shape index (κ2) is 8.74. The van der Waals surface area contributed by atoms with Gasteiger partial charge in [0.05, 0.1) is 0 Å². The van der Waals surface area contributed by atoms with E-state index in [2.05, 4.69) is 72.3 Å². The lowest BCUT2D eigenvalue weighted by Gasteiger charge is -2.59. The molecule has 0 aromatic rings. The zero-order valence-electron chi connectivity index (χ0n) is 18.6. The van der Waals surface area contributed by atoms with Crippen LogP contribution in [0.25, 0.3) is 0 Å². The fourth-order valence-electron chi connectivity index (χ4n) is 5.55. The first kappa shape index (κ1) is 21.2. The summed E-state index contributed by atoms with van der Waals surface area (Å²) in [5.74, 6) is 3.79. The Hall–Kier alpha value is -0.0800. The average molecular weight is 351 g/mol. The lowest BCUT2D eigenvalue weighted by atomic mass is 9.79. The van der Waals surface area contributed by atoms with Crippen LogP contribution in [0.3, 0.4) is 0 Å². The Morgan fingerprint density at radius 3 is 1.20 bits per heavy atom. The monoisotopic (exact) mass is 350 g/mol. The topological polar surface area (TPSA) is 6.48 Å². The maximum absolute atomic E-state index is 2.95. The molecule has 2 aliphatic rings. The van der Waals surface area contributed by atoms with Gasteiger partial charge in [0.15, 0.2) is 0 Å². The molecule has 0 saturated carbocycles. The molecule has 2 heterocycles. The number of rotatable bonds is 5. The second-order valence-electron chi connectivity index (χ2n) is 10.5. The highest BCUT2D eigenvalue weighted by Crippen LogP contribution is 2.41. The molecule has 0 aromatic carbocycles. The molecule has 0 N–H and O–H groups in total. The molecule has 2 fully saturated rings. The molecule has 2 heteroatoms. The van der Waals surface area contributed by atoms with Crippen molar-refractivity contribution in [1.82, 2.24) is 10.0 Å². The van der Waals surface area contributed by atoms with E-state index >= 15 is 0 Å². The molecule has 0 aromatic heterocycles. The molecule has 2 aliphatic heterocycles. The van der Waals surface area contributed by atoms with Crippen LogP contribution in [-0.2, 0) is 0 Å². The molecule has 0 amide bonds. The van der Waals surface area contributed by atoms with E-state index in [1.54, 1.807) is 0 Å². The maximum atomic E-state index is 2.95.